The van der Waals surface area contributed by atoms with Gasteiger partial charge in [0.05, 0.1) is 16.4 Å². The monoisotopic (exact) mass is 422 g/mol. The van der Waals surface area contributed by atoms with Crippen molar-refractivity contribution in [2.24, 2.45) is 0 Å². The molecule has 0 spiro atoms. The second-order valence-corrected chi connectivity index (χ2v) is 8.69. The lowest BCUT2D eigenvalue weighted by Gasteiger charge is -2.08. The van der Waals surface area contributed by atoms with E-state index in [4.69, 9.17) is 4.42 Å². The van der Waals surface area contributed by atoms with Crippen molar-refractivity contribution in [3.8, 4) is 5.69 Å². The molecule has 0 saturated heterocycles. The lowest BCUT2D eigenvalue weighted by atomic mass is 10.1. The van der Waals surface area contributed by atoms with Crippen molar-refractivity contribution in [2.75, 3.05) is 0 Å². The van der Waals surface area contributed by atoms with E-state index in [0.29, 0.717) is 0 Å². The number of nitrogens with one attached hydrogen (secondary N) is 1. The number of aromatic nitrogens is 2. The maximum Gasteiger partial charge on any atom is 0.145 e. The molecule has 0 saturated carbocycles. The maximum absolute atomic E-state index is 6.42. The van der Waals surface area contributed by atoms with Gasteiger partial charge in [-0.05, 0) is 48.5 Å². The Morgan fingerprint density at radius 2 is 1.30 bits per heavy atom. The van der Waals surface area contributed by atoms with Gasteiger partial charge in [-0.15, -0.1) is 0 Å². The van der Waals surface area contributed by atoms with Crippen molar-refractivity contribution in [3.05, 3.63) is 103 Å². The summed E-state index contributed by atoms with van der Waals surface area (Å²) >= 11 is 0. The second-order valence-electron chi connectivity index (χ2n) is 8.69. The number of rotatable bonds is 1. The van der Waals surface area contributed by atoms with E-state index in [1.165, 1.54) is 27.1 Å². The number of para-hydroxylation sites is 3. The number of nitrogens with zero attached hydrogens (tertiary/aromatic N) is 1. The minimum atomic E-state index is 0.928. The summed E-state index contributed by atoms with van der Waals surface area (Å²) < 4.78 is 8.78. The van der Waals surface area contributed by atoms with Gasteiger partial charge >= 0.3 is 0 Å². The molecule has 154 valence electrons. The Balaban J connectivity index is 1.53. The number of aromatic amines is 1. The molecule has 0 unspecified atom stereocenters. The molecule has 0 aliphatic carbocycles. The molecule has 3 nitrogen and oxygen atoms in total. The van der Waals surface area contributed by atoms with E-state index in [0.717, 1.165) is 44.2 Å². The van der Waals surface area contributed by atoms with Crippen LogP contribution in [0.15, 0.2) is 108 Å². The van der Waals surface area contributed by atoms with E-state index in [9.17, 15) is 0 Å². The molecule has 3 heterocycles. The molecule has 0 fully saturated rings. The van der Waals surface area contributed by atoms with E-state index in [1.807, 2.05) is 12.1 Å². The van der Waals surface area contributed by atoms with Crippen LogP contribution in [0, 0.1) is 0 Å². The first-order valence-electron chi connectivity index (χ1n) is 11.2. The van der Waals surface area contributed by atoms with Gasteiger partial charge in [0.2, 0.25) is 0 Å². The van der Waals surface area contributed by atoms with Crippen molar-refractivity contribution >= 4 is 65.6 Å². The minimum absolute atomic E-state index is 0.928. The molecular formula is C30H18N2O. The van der Waals surface area contributed by atoms with Crippen LogP contribution in [-0.4, -0.2) is 9.55 Å². The van der Waals surface area contributed by atoms with E-state index < -0.39 is 0 Å². The van der Waals surface area contributed by atoms with Crippen LogP contribution in [0.4, 0.5) is 0 Å². The van der Waals surface area contributed by atoms with E-state index in [-0.39, 0.29) is 0 Å². The summed E-state index contributed by atoms with van der Waals surface area (Å²) in [6.07, 6.45) is 0. The lowest BCUT2D eigenvalue weighted by Crippen LogP contribution is -1.93. The third-order valence-corrected chi connectivity index (χ3v) is 6.93. The van der Waals surface area contributed by atoms with Gasteiger partial charge < -0.3 is 14.0 Å². The lowest BCUT2D eigenvalue weighted by molar-refractivity contribution is 0.673. The molecule has 8 rings (SSSR count). The Labute approximate surface area is 188 Å². The van der Waals surface area contributed by atoms with E-state index in [1.54, 1.807) is 0 Å². The van der Waals surface area contributed by atoms with Crippen molar-refractivity contribution in [1.82, 2.24) is 9.55 Å². The zero-order chi connectivity index (χ0) is 21.5. The fraction of sp³-hybridized carbons (Fsp3) is 0. The summed E-state index contributed by atoms with van der Waals surface area (Å²) in [6, 6.07) is 36.5. The standard InChI is InChI=1S/C30H18N2O/c1-4-10-24-19(7-1)23-17-18(13-15-25(23)31-24)32-26-11-5-2-9-22(26)29-27(32)16-14-21-20-8-3-6-12-28(20)33-30(21)29/h1-17,31H. The summed E-state index contributed by atoms with van der Waals surface area (Å²) in [5.74, 6) is 0. The fourth-order valence-electron chi connectivity index (χ4n) is 5.49. The highest BCUT2D eigenvalue weighted by Gasteiger charge is 2.18. The summed E-state index contributed by atoms with van der Waals surface area (Å²) in [7, 11) is 0. The highest BCUT2D eigenvalue weighted by molar-refractivity contribution is 6.24. The summed E-state index contributed by atoms with van der Waals surface area (Å²) in [4.78, 5) is 3.54. The zero-order valence-electron chi connectivity index (χ0n) is 17.7. The number of H-pyrrole nitrogens is 1. The van der Waals surface area contributed by atoms with Crippen LogP contribution in [0.2, 0.25) is 0 Å². The smallest absolute Gasteiger partial charge is 0.145 e. The Hall–Kier alpha value is -4.50. The largest absolute Gasteiger partial charge is 0.455 e. The van der Waals surface area contributed by atoms with Crippen LogP contribution in [0.25, 0.3) is 71.2 Å². The normalized spacial score (nSPS) is 12.2. The summed E-state index contributed by atoms with van der Waals surface area (Å²) in [6.45, 7) is 0. The first-order chi connectivity index (χ1) is 16.4. The quantitative estimate of drug-likeness (QED) is 0.283. The van der Waals surface area contributed by atoms with Crippen molar-refractivity contribution in [2.45, 2.75) is 0 Å². The van der Waals surface area contributed by atoms with Gasteiger partial charge in [0.25, 0.3) is 0 Å². The Morgan fingerprint density at radius 3 is 2.24 bits per heavy atom. The van der Waals surface area contributed by atoms with Gasteiger partial charge in [0, 0.05) is 43.7 Å². The minimum Gasteiger partial charge on any atom is -0.455 e. The number of hydrogen-bond donors (Lipinski definition) is 1. The first-order valence-corrected chi connectivity index (χ1v) is 11.2. The zero-order valence-corrected chi connectivity index (χ0v) is 17.7. The van der Waals surface area contributed by atoms with Crippen molar-refractivity contribution in [1.29, 1.82) is 0 Å². The number of furan rings is 1. The van der Waals surface area contributed by atoms with Gasteiger partial charge in [-0.25, -0.2) is 0 Å². The first kappa shape index (κ1) is 17.1. The van der Waals surface area contributed by atoms with Crippen LogP contribution >= 0.6 is 0 Å². The molecule has 0 radical (unpaired) electrons. The number of hydrogen-bond acceptors (Lipinski definition) is 1. The molecule has 0 atom stereocenters. The van der Waals surface area contributed by atoms with Gasteiger partial charge in [-0.1, -0.05) is 54.6 Å². The summed E-state index contributed by atoms with van der Waals surface area (Å²) in [5, 5.41) is 7.17. The van der Waals surface area contributed by atoms with Crippen LogP contribution in [-0.2, 0) is 0 Å². The molecule has 33 heavy (non-hydrogen) atoms. The van der Waals surface area contributed by atoms with Gasteiger partial charge in [0.15, 0.2) is 0 Å². The van der Waals surface area contributed by atoms with Crippen LogP contribution in [0.5, 0.6) is 0 Å². The molecule has 1 N–H and O–H groups in total. The van der Waals surface area contributed by atoms with Crippen LogP contribution < -0.4 is 0 Å². The maximum atomic E-state index is 6.42. The highest BCUT2D eigenvalue weighted by atomic mass is 16.3. The summed E-state index contributed by atoms with van der Waals surface area (Å²) in [5.41, 5.74) is 7.68. The topological polar surface area (TPSA) is 33.9 Å². The molecule has 0 bridgehead atoms. The molecular weight excluding hydrogens is 404 g/mol. The van der Waals surface area contributed by atoms with Gasteiger partial charge in [-0.3, -0.25) is 0 Å². The predicted octanol–water partition coefficient (Wildman–Crippen LogP) is 8.32. The molecule has 0 aliphatic rings. The molecule has 8 aromatic rings. The van der Waals surface area contributed by atoms with Crippen molar-refractivity contribution in [3.63, 3.8) is 0 Å². The average Bonchev–Trinajstić information content (AvgIpc) is 3.52. The highest BCUT2D eigenvalue weighted by Crippen LogP contribution is 2.40. The van der Waals surface area contributed by atoms with Gasteiger partial charge in [-0.2, -0.15) is 0 Å². The van der Waals surface area contributed by atoms with Crippen LogP contribution in [0.1, 0.15) is 0 Å². The fourth-order valence-corrected chi connectivity index (χ4v) is 5.49. The third kappa shape index (κ3) is 2.18. The molecule has 3 heteroatoms. The van der Waals surface area contributed by atoms with Crippen LogP contribution in [0.3, 0.4) is 0 Å². The van der Waals surface area contributed by atoms with Crippen molar-refractivity contribution < 1.29 is 4.42 Å². The average molecular weight is 422 g/mol. The van der Waals surface area contributed by atoms with Gasteiger partial charge in [0.1, 0.15) is 11.2 Å². The number of fused-ring (bicyclic) bond motifs is 10. The number of benzene rings is 5. The molecule has 0 aliphatic heterocycles. The molecule has 5 aromatic carbocycles. The Bertz CT molecular complexity index is 2030. The van der Waals surface area contributed by atoms with E-state index in [2.05, 4.69) is 101 Å². The second kappa shape index (κ2) is 6.05. The Morgan fingerprint density at radius 1 is 0.545 bits per heavy atom. The predicted molar refractivity (Wildman–Crippen MR) is 137 cm³/mol. The molecule has 3 aromatic heterocycles. The SMILES string of the molecule is c1ccc2c(c1)[nH]c1ccc(-n3c4ccccc4c4c5oc6ccccc6c5ccc43)cc12. The molecule has 0 amide bonds. The third-order valence-electron chi connectivity index (χ3n) is 6.93. The Kier molecular flexibility index (Phi) is 3.14. The van der Waals surface area contributed by atoms with E-state index >= 15 is 0 Å².